The van der Waals surface area contributed by atoms with Gasteiger partial charge in [-0.15, -0.1) is 17.3 Å². The number of ether oxygens (including phenoxy) is 6. The molecule has 0 N–H and O–H groups in total. The molecule has 8 aromatic rings. The van der Waals surface area contributed by atoms with Gasteiger partial charge >= 0.3 is 0 Å². The van der Waals surface area contributed by atoms with E-state index in [1.807, 2.05) is 42.5 Å². The van der Waals surface area contributed by atoms with E-state index in [0.29, 0.717) is 69.1 Å². The second-order valence-electron chi connectivity index (χ2n) is 29.3. The lowest BCUT2D eigenvalue weighted by molar-refractivity contribution is 0.295. The van der Waals surface area contributed by atoms with Gasteiger partial charge in [0, 0.05) is 81.3 Å². The van der Waals surface area contributed by atoms with Crippen molar-refractivity contribution in [2.75, 3.05) is 45.4 Å². The van der Waals surface area contributed by atoms with Crippen LogP contribution in [-0.4, -0.2) is 53.5 Å². The fourth-order valence-electron chi connectivity index (χ4n) is 12.0. The van der Waals surface area contributed by atoms with Gasteiger partial charge < -0.3 is 28.4 Å². The average molecular weight is 1510 g/mol. The minimum absolute atomic E-state index is 0.517. The van der Waals surface area contributed by atoms with E-state index in [2.05, 4.69) is 253 Å². The van der Waals surface area contributed by atoms with Crippen LogP contribution in [0.4, 0.5) is 0 Å². The van der Waals surface area contributed by atoms with Crippen LogP contribution >= 0.6 is 11.8 Å². The van der Waals surface area contributed by atoms with Crippen molar-refractivity contribution in [3.8, 4) is 133 Å². The molecular weight excluding hydrogens is 1400 g/mol. The zero-order valence-corrected chi connectivity index (χ0v) is 69.8. The SMILES string of the molecule is CCCCCCOc1cc(C#Cc2ccc(-c3ccc(C#Cc4cc(OCCCCCC)c(C#Cc5ccc(-c6ccc(C#Cc7cc(OCCCCCC)c(C#C[Si](C)(C)C)cc7OCCCCCC)cc6)cc5)cc4OCCCCCC)cc3)cc2)c(OCCCCCC)cc1C#Cc1ccc(SCCC#N)cc1. The molecule has 0 aliphatic rings. The highest BCUT2D eigenvalue weighted by Gasteiger charge is 2.17. The molecular formula is C102H117NO6SSi. The Morgan fingerprint density at radius 2 is 0.486 bits per heavy atom. The molecule has 0 saturated heterocycles. The van der Waals surface area contributed by atoms with Crippen LogP contribution in [0.1, 0.15) is 263 Å². The van der Waals surface area contributed by atoms with Crippen molar-refractivity contribution in [3.63, 3.8) is 0 Å². The molecule has 8 aromatic carbocycles. The highest BCUT2D eigenvalue weighted by Crippen LogP contribution is 2.34. The lowest BCUT2D eigenvalue weighted by Gasteiger charge is -2.14. The number of benzene rings is 8. The number of hydrogen-bond acceptors (Lipinski definition) is 8. The summed E-state index contributed by atoms with van der Waals surface area (Å²) in [5.74, 6) is 43.2. The third-order valence-electron chi connectivity index (χ3n) is 18.6. The van der Waals surface area contributed by atoms with E-state index in [9.17, 15) is 0 Å². The minimum atomic E-state index is -1.66. The lowest BCUT2D eigenvalue weighted by atomic mass is 10.0. The summed E-state index contributed by atoms with van der Waals surface area (Å²) in [6, 6.07) is 56.3. The standard InChI is InChI=1S/C102H117NO6SSi/c1-10-16-22-28-67-104-97-76-91(59-44-82-37-54-88(55-38-82)89-56-41-84(42-57-89)46-61-94-79-102(109-72-33-27-21-15-6)95(65-74-111(7,8)9)80-101(94)108-71-32-26-20-14-5)98(105-68-29-23-17-11-2)75-90(97)58-43-81-35-50-86(51-36-81)87-52-39-83(40-53-87)45-60-92-77-100(107-70-31-25-19-13-4)93(78-99(92)106-69-30-24-18-12-3)62-47-85-48-63-96(64-49-85)110-73-34-66-103/h35-42,48-57,63-64,75-80H,10-34,67-73H2,1-9H3. The smallest absolute Gasteiger partial charge is 0.136 e. The minimum Gasteiger partial charge on any atom is -0.492 e. The molecule has 7 nitrogen and oxygen atoms in total. The van der Waals surface area contributed by atoms with Crippen molar-refractivity contribution in [3.05, 3.63) is 219 Å². The maximum atomic E-state index is 9.00. The van der Waals surface area contributed by atoms with Crippen molar-refractivity contribution in [1.82, 2.24) is 0 Å². The topological polar surface area (TPSA) is 79.2 Å². The summed E-state index contributed by atoms with van der Waals surface area (Å²) in [5, 5.41) is 9.00. The van der Waals surface area contributed by atoms with Crippen LogP contribution < -0.4 is 28.4 Å². The predicted molar refractivity (Wildman–Crippen MR) is 468 cm³/mol. The number of nitrogens with zero attached hydrogens (tertiary/aromatic N) is 1. The van der Waals surface area contributed by atoms with E-state index in [1.54, 1.807) is 11.8 Å². The molecule has 0 unspecified atom stereocenters. The Morgan fingerprint density at radius 3 is 0.694 bits per heavy atom. The molecule has 0 radical (unpaired) electrons. The third kappa shape index (κ3) is 31.7. The van der Waals surface area contributed by atoms with Gasteiger partial charge in [-0.05, 0) is 134 Å². The molecule has 0 atom stereocenters. The zero-order chi connectivity index (χ0) is 78.4. The van der Waals surface area contributed by atoms with E-state index in [4.69, 9.17) is 33.7 Å². The molecule has 111 heavy (non-hydrogen) atoms. The fourth-order valence-corrected chi connectivity index (χ4v) is 13.3. The quantitative estimate of drug-likeness (QED) is 0.0162. The normalized spacial score (nSPS) is 10.6. The molecule has 8 rings (SSSR count). The Bertz CT molecular complexity index is 4610. The predicted octanol–water partition coefficient (Wildman–Crippen LogP) is 26.0. The highest BCUT2D eigenvalue weighted by atomic mass is 32.2. The number of unbranched alkanes of at least 4 members (excludes halogenated alkanes) is 18. The molecule has 0 aliphatic carbocycles. The van der Waals surface area contributed by atoms with Crippen LogP contribution in [-0.2, 0) is 0 Å². The number of nitriles is 1. The van der Waals surface area contributed by atoms with Crippen molar-refractivity contribution in [1.29, 1.82) is 5.26 Å². The van der Waals surface area contributed by atoms with E-state index >= 15 is 0 Å². The fraction of sp³-hybridized carbons (Fsp3) is 0.402. The Hall–Kier alpha value is -10.0. The molecule has 0 aromatic heterocycles. The Labute approximate surface area is 673 Å². The molecule has 0 spiro atoms. The van der Waals surface area contributed by atoms with Gasteiger partial charge in [0.15, 0.2) is 0 Å². The first-order valence-corrected chi connectivity index (χ1v) is 45.8. The summed E-state index contributed by atoms with van der Waals surface area (Å²) in [7, 11) is -1.66. The third-order valence-corrected chi connectivity index (χ3v) is 20.5. The summed E-state index contributed by atoms with van der Waals surface area (Å²) in [5.41, 5.74) is 17.1. The number of rotatable bonds is 41. The van der Waals surface area contributed by atoms with Gasteiger partial charge in [0.1, 0.15) is 42.6 Å². The molecule has 0 amide bonds. The van der Waals surface area contributed by atoms with Crippen LogP contribution in [0.15, 0.2) is 163 Å². The molecule has 0 saturated carbocycles. The zero-order valence-electron chi connectivity index (χ0n) is 67.9. The van der Waals surface area contributed by atoms with Crippen LogP contribution in [0.25, 0.3) is 22.3 Å². The van der Waals surface area contributed by atoms with Gasteiger partial charge in [-0.1, -0.05) is 290 Å². The highest BCUT2D eigenvalue weighted by molar-refractivity contribution is 7.99. The van der Waals surface area contributed by atoms with Crippen molar-refractivity contribution in [2.24, 2.45) is 0 Å². The van der Waals surface area contributed by atoms with Gasteiger partial charge in [0.05, 0.1) is 79.1 Å². The van der Waals surface area contributed by atoms with Gasteiger partial charge in [-0.25, -0.2) is 0 Å². The molecule has 9 heteroatoms. The van der Waals surface area contributed by atoms with Crippen molar-refractivity contribution >= 4 is 19.8 Å². The molecule has 576 valence electrons. The summed E-state index contributed by atoms with van der Waals surface area (Å²) < 4.78 is 39.2. The molecule has 0 aliphatic heterocycles. The lowest BCUT2D eigenvalue weighted by Crippen LogP contribution is -2.16. The van der Waals surface area contributed by atoms with Crippen molar-refractivity contribution in [2.45, 2.75) is 227 Å². The van der Waals surface area contributed by atoms with E-state index < -0.39 is 8.07 Å². The Balaban J connectivity index is 1.01. The molecule has 0 bridgehead atoms. The maximum Gasteiger partial charge on any atom is 0.136 e. The van der Waals surface area contributed by atoms with Gasteiger partial charge in [-0.3, -0.25) is 0 Å². The summed E-state index contributed by atoms with van der Waals surface area (Å²) in [6.45, 7) is 23.8. The Morgan fingerprint density at radius 1 is 0.270 bits per heavy atom. The second-order valence-corrected chi connectivity index (χ2v) is 35.2. The van der Waals surface area contributed by atoms with Crippen LogP contribution in [0.2, 0.25) is 19.6 Å². The van der Waals surface area contributed by atoms with Gasteiger partial charge in [0.25, 0.3) is 0 Å². The molecule has 0 heterocycles. The Kier molecular flexibility index (Phi) is 39.0. The first-order chi connectivity index (χ1) is 54.4. The van der Waals surface area contributed by atoms with Gasteiger partial charge in [-0.2, -0.15) is 5.26 Å². The average Bonchev–Trinajstić information content (AvgIpc) is 0.828. The largest absolute Gasteiger partial charge is 0.492 e. The van der Waals surface area contributed by atoms with E-state index in [-0.39, 0.29) is 0 Å². The summed E-state index contributed by atoms with van der Waals surface area (Å²) in [4.78, 5) is 1.12. The monoisotopic (exact) mass is 1510 g/mol. The summed E-state index contributed by atoms with van der Waals surface area (Å²) >= 11 is 1.68. The maximum absolute atomic E-state index is 9.00. The number of thioether (sulfide) groups is 1. The first kappa shape index (κ1) is 86.6. The second kappa shape index (κ2) is 50.0. The van der Waals surface area contributed by atoms with E-state index in [0.717, 1.165) is 221 Å². The first-order valence-electron chi connectivity index (χ1n) is 41.3. The molecule has 0 fully saturated rings. The van der Waals surface area contributed by atoms with Crippen LogP contribution in [0.5, 0.6) is 34.5 Å². The van der Waals surface area contributed by atoms with Crippen molar-refractivity contribution < 1.29 is 28.4 Å². The van der Waals surface area contributed by atoms with Crippen LogP contribution in [0.3, 0.4) is 0 Å². The van der Waals surface area contributed by atoms with Gasteiger partial charge in [0.2, 0.25) is 0 Å². The number of hydrogen-bond donors (Lipinski definition) is 0. The summed E-state index contributed by atoms with van der Waals surface area (Å²) in [6.07, 6.45) is 27.0. The van der Waals surface area contributed by atoms with E-state index in [1.165, 1.54) is 38.5 Å². The van der Waals surface area contributed by atoms with Crippen LogP contribution in [0, 0.1) is 82.0 Å².